The van der Waals surface area contributed by atoms with Crippen LogP contribution in [-0.4, -0.2) is 34.8 Å². The molecule has 0 amide bonds. The molecule has 0 saturated heterocycles. The summed E-state index contributed by atoms with van der Waals surface area (Å²) in [6.07, 6.45) is 0. The average molecular weight is 524 g/mol. The molecule has 0 N–H and O–H groups in total. The summed E-state index contributed by atoms with van der Waals surface area (Å²) in [6, 6.07) is 13.8. The van der Waals surface area contributed by atoms with Gasteiger partial charge in [0.05, 0.1) is 10.5 Å². The number of rotatable bonds is 2. The van der Waals surface area contributed by atoms with Crippen LogP contribution in [-0.2, 0) is 0 Å². The first kappa shape index (κ1) is 24.6. The molecule has 26 heavy (non-hydrogen) atoms. The third-order valence-electron chi connectivity index (χ3n) is 3.04. The Kier molecular flexibility index (Phi) is 12.2. The molecular formula is C16H15Cl3N2O4Sn. The molecule has 2 aromatic carbocycles. The van der Waals surface area contributed by atoms with Crippen LogP contribution in [0.25, 0.3) is 10.9 Å². The number of Topliss-reactive ketones (excluding diaryl/α,β-unsaturated/α-hetero) is 1. The van der Waals surface area contributed by atoms with Crippen LogP contribution < -0.4 is 0 Å². The minimum absolute atomic E-state index is 0. The Morgan fingerprint density at radius 2 is 1.69 bits per heavy atom. The molecule has 10 heteroatoms. The summed E-state index contributed by atoms with van der Waals surface area (Å²) in [6.45, 7) is 3.22. The normalized spacial score (nSPS) is 9.08. The van der Waals surface area contributed by atoms with Crippen LogP contribution in [0.3, 0.4) is 0 Å². The summed E-state index contributed by atoms with van der Waals surface area (Å²) < 4.78 is 4.96. The summed E-state index contributed by atoms with van der Waals surface area (Å²) in [5, 5.41) is 15.3. The molecule has 3 aromatic rings. The van der Waals surface area contributed by atoms with Gasteiger partial charge in [-0.2, -0.15) is 0 Å². The van der Waals surface area contributed by atoms with E-state index in [1.165, 1.54) is 25.1 Å². The molecule has 0 aliphatic rings. The molecular weight excluding hydrogens is 509 g/mol. The Bertz CT molecular complexity index is 825. The third kappa shape index (κ3) is 7.49. The number of carbonyl (C=O) groups is 1. The maximum absolute atomic E-state index is 10.9. The van der Waals surface area contributed by atoms with Crippen molar-refractivity contribution in [3.05, 3.63) is 70.0 Å². The van der Waals surface area contributed by atoms with Crippen molar-refractivity contribution in [2.24, 2.45) is 0 Å². The van der Waals surface area contributed by atoms with Crippen LogP contribution in [0.5, 0.6) is 0 Å². The molecule has 1 heterocycles. The zero-order valence-corrected chi connectivity index (χ0v) is 19.0. The van der Waals surface area contributed by atoms with Gasteiger partial charge in [-0.05, 0) is 32.0 Å². The molecule has 2 radical (unpaired) electrons. The van der Waals surface area contributed by atoms with E-state index < -0.39 is 23.8 Å². The monoisotopic (exact) mass is 524 g/mol. The van der Waals surface area contributed by atoms with Crippen molar-refractivity contribution in [1.82, 2.24) is 5.16 Å². The van der Waals surface area contributed by atoms with Crippen LogP contribution in [0.2, 0.25) is 0 Å². The number of nitrogens with zero attached hydrogens (tertiary/aromatic N) is 2. The maximum atomic E-state index is 10.9. The molecule has 0 saturated carbocycles. The number of aromatic nitrogens is 1. The summed E-state index contributed by atoms with van der Waals surface area (Å²) in [5.41, 5.74) is 0.951. The van der Waals surface area contributed by atoms with E-state index in [-0.39, 0.29) is 29.4 Å². The number of ketones is 1. The van der Waals surface area contributed by atoms with E-state index in [0.29, 0.717) is 0 Å². The topological polar surface area (TPSA) is 86.2 Å². The van der Waals surface area contributed by atoms with E-state index in [1.807, 2.05) is 31.2 Å². The average Bonchev–Trinajstić information content (AvgIpc) is 2.98. The van der Waals surface area contributed by atoms with Gasteiger partial charge in [0.1, 0.15) is 11.3 Å². The van der Waals surface area contributed by atoms with Crippen molar-refractivity contribution in [2.75, 3.05) is 0 Å². The van der Waals surface area contributed by atoms with Crippen LogP contribution in [0, 0.1) is 17.0 Å². The number of halogens is 3. The van der Waals surface area contributed by atoms with Crippen molar-refractivity contribution in [2.45, 2.75) is 13.8 Å². The van der Waals surface area contributed by atoms with E-state index in [2.05, 4.69) is 5.16 Å². The Balaban J connectivity index is 0.000000408. The molecule has 0 atom stereocenters. The number of aryl methyl sites for hydroxylation is 1. The standard InChI is InChI=1S/C8H7NO3.C8H7NO.3ClH.Sn/c1-6(10)7-4-2-3-5-8(7)9(11)12;1-6-7-4-2-3-5-8(7)9-10-6;;;;/h2-5H,1H3;2-5H,1H3;3*1H;/q;;;;;+2/p-2. The fraction of sp³-hybridized carbons (Fsp3) is 0.125. The summed E-state index contributed by atoms with van der Waals surface area (Å²) in [7, 11) is 9.87. The molecule has 0 bridgehead atoms. The number of carbonyl (C=O) groups excluding carboxylic acids is 1. The number of hydrogen-bond acceptors (Lipinski definition) is 5. The number of nitro benzene ring substituents is 1. The molecule has 6 nitrogen and oxygen atoms in total. The van der Waals surface area contributed by atoms with Crippen LogP contribution in [0.15, 0.2) is 53.1 Å². The van der Waals surface area contributed by atoms with Crippen molar-refractivity contribution < 1.29 is 14.2 Å². The molecule has 0 aliphatic carbocycles. The molecule has 1 aromatic heterocycles. The molecule has 0 fully saturated rings. The minimum atomic E-state index is -0.826. The molecule has 0 aliphatic heterocycles. The second-order valence-corrected chi connectivity index (χ2v) is 8.90. The summed E-state index contributed by atoms with van der Waals surface area (Å²) in [5.74, 6) is 0.595. The van der Waals surface area contributed by atoms with Gasteiger partial charge in [0, 0.05) is 11.5 Å². The first-order chi connectivity index (χ1) is 11.9. The number of para-hydroxylation sites is 1. The van der Waals surface area contributed by atoms with E-state index in [4.69, 9.17) is 22.4 Å². The first-order valence-corrected chi connectivity index (χ1v) is 14.2. The fourth-order valence-corrected chi connectivity index (χ4v) is 1.95. The molecule has 138 valence electrons. The van der Waals surface area contributed by atoms with Gasteiger partial charge >= 0.3 is 36.7 Å². The quantitative estimate of drug-likeness (QED) is 0.195. The molecule has 3 rings (SSSR count). The zero-order valence-electron chi connectivity index (χ0n) is 13.8. The second kappa shape index (κ2) is 12.9. The second-order valence-electron chi connectivity index (χ2n) is 4.66. The van der Waals surface area contributed by atoms with E-state index in [0.717, 1.165) is 16.7 Å². The number of benzene rings is 2. The van der Waals surface area contributed by atoms with Gasteiger partial charge in [-0.15, -0.1) is 12.4 Å². The van der Waals surface area contributed by atoms with Gasteiger partial charge in [0.15, 0.2) is 5.78 Å². The van der Waals surface area contributed by atoms with Crippen molar-refractivity contribution >= 4 is 71.5 Å². The predicted octanol–water partition coefficient (Wildman–Crippen LogP) is 5.35. The van der Waals surface area contributed by atoms with Crippen molar-refractivity contribution in [3.8, 4) is 0 Å². The Hall–Kier alpha value is -1.35. The number of hydrogen-bond donors (Lipinski definition) is 0. The SMILES string of the molecule is CC(=O)c1ccccc1[N+](=O)[O-].Cc1onc2ccccc12.Cl.[Cl][Sn][Cl]. The number of nitro groups is 1. The van der Waals surface area contributed by atoms with Gasteiger partial charge in [-0.25, -0.2) is 0 Å². The van der Waals surface area contributed by atoms with Gasteiger partial charge in [-0.1, -0.05) is 29.4 Å². The zero-order chi connectivity index (χ0) is 18.8. The van der Waals surface area contributed by atoms with Crippen LogP contribution >= 0.6 is 30.2 Å². The predicted molar refractivity (Wildman–Crippen MR) is 107 cm³/mol. The van der Waals surface area contributed by atoms with Gasteiger partial charge in [0.25, 0.3) is 5.69 Å². The number of fused-ring (bicyclic) bond motifs is 1. The third-order valence-corrected chi connectivity index (χ3v) is 3.04. The molecule has 0 spiro atoms. The Morgan fingerprint density at radius 3 is 2.19 bits per heavy atom. The summed E-state index contributed by atoms with van der Waals surface area (Å²) >= 11 is -0.826. The molecule has 0 unspecified atom stereocenters. The Morgan fingerprint density at radius 1 is 1.15 bits per heavy atom. The van der Waals surface area contributed by atoms with E-state index in [9.17, 15) is 14.9 Å². The van der Waals surface area contributed by atoms with Crippen LogP contribution in [0.4, 0.5) is 5.69 Å². The van der Waals surface area contributed by atoms with Gasteiger partial charge in [0.2, 0.25) is 0 Å². The van der Waals surface area contributed by atoms with Crippen LogP contribution in [0.1, 0.15) is 23.0 Å². The summed E-state index contributed by atoms with van der Waals surface area (Å²) in [4.78, 5) is 20.7. The van der Waals surface area contributed by atoms with Gasteiger partial charge < -0.3 is 4.52 Å². The van der Waals surface area contributed by atoms with Gasteiger partial charge in [-0.3, -0.25) is 14.9 Å². The van der Waals surface area contributed by atoms with E-state index in [1.54, 1.807) is 6.07 Å². The fourth-order valence-electron chi connectivity index (χ4n) is 1.95. The van der Waals surface area contributed by atoms with E-state index >= 15 is 0 Å². The van der Waals surface area contributed by atoms with Crippen molar-refractivity contribution in [3.63, 3.8) is 0 Å². The van der Waals surface area contributed by atoms with Crippen molar-refractivity contribution in [1.29, 1.82) is 0 Å². The Labute approximate surface area is 174 Å². The first-order valence-electron chi connectivity index (χ1n) is 6.94.